The molecule has 2 heterocycles. The van der Waals surface area contributed by atoms with Crippen molar-refractivity contribution in [2.75, 3.05) is 13.2 Å². The van der Waals surface area contributed by atoms with Gasteiger partial charge in [-0.3, -0.25) is 9.78 Å². The Hall–Kier alpha value is -3.41. The topological polar surface area (TPSA) is 60.5 Å². The number of aromatic nitrogens is 1. The number of halogens is 1. The standard InChI is InChI=1S/C22H19FN2O3/c23-17-5-3-4-15(12-17)19-9-8-16(13-25-19)22(26)24-11-10-18-14-27-20-6-1-2-7-21(20)28-18/h1-9,12-13,18H,10-11,14H2,(H,24,26)/t18-/m0/s1. The molecule has 1 N–H and O–H groups in total. The van der Waals surface area contributed by atoms with Crippen LogP contribution in [0.2, 0.25) is 0 Å². The summed E-state index contributed by atoms with van der Waals surface area (Å²) in [5, 5.41) is 2.86. The summed E-state index contributed by atoms with van der Waals surface area (Å²) in [5.74, 6) is 0.933. The Bertz CT molecular complexity index is 976. The van der Waals surface area contributed by atoms with Crippen LogP contribution in [0.25, 0.3) is 11.3 Å². The Kier molecular flexibility index (Phi) is 5.19. The second-order valence-electron chi connectivity index (χ2n) is 6.48. The zero-order chi connectivity index (χ0) is 19.3. The summed E-state index contributed by atoms with van der Waals surface area (Å²) in [5.41, 5.74) is 1.73. The van der Waals surface area contributed by atoms with Crippen LogP contribution in [0.15, 0.2) is 66.9 Å². The van der Waals surface area contributed by atoms with Gasteiger partial charge in [-0.2, -0.15) is 0 Å². The molecule has 1 atom stereocenters. The van der Waals surface area contributed by atoms with Crippen molar-refractivity contribution in [3.05, 3.63) is 78.2 Å². The number of nitrogens with one attached hydrogen (secondary N) is 1. The van der Waals surface area contributed by atoms with Gasteiger partial charge in [0, 0.05) is 24.7 Å². The lowest BCUT2D eigenvalue weighted by Crippen LogP contribution is -2.34. The highest BCUT2D eigenvalue weighted by Gasteiger charge is 2.20. The van der Waals surface area contributed by atoms with Gasteiger partial charge in [0.1, 0.15) is 18.5 Å². The average Bonchev–Trinajstić information content (AvgIpc) is 2.74. The van der Waals surface area contributed by atoms with Crippen LogP contribution in [-0.2, 0) is 0 Å². The van der Waals surface area contributed by atoms with Crippen molar-refractivity contribution in [2.24, 2.45) is 0 Å². The van der Waals surface area contributed by atoms with E-state index in [1.165, 1.54) is 18.3 Å². The maximum absolute atomic E-state index is 13.3. The van der Waals surface area contributed by atoms with Gasteiger partial charge < -0.3 is 14.8 Å². The average molecular weight is 378 g/mol. The number of benzene rings is 2. The number of nitrogens with zero attached hydrogens (tertiary/aromatic N) is 1. The first-order valence-electron chi connectivity index (χ1n) is 9.08. The molecule has 0 saturated heterocycles. The Balaban J connectivity index is 1.30. The second kappa shape index (κ2) is 8.08. The van der Waals surface area contributed by atoms with Crippen molar-refractivity contribution in [1.29, 1.82) is 0 Å². The Morgan fingerprint density at radius 1 is 1.11 bits per heavy atom. The van der Waals surface area contributed by atoms with E-state index in [2.05, 4.69) is 10.3 Å². The van der Waals surface area contributed by atoms with E-state index in [1.54, 1.807) is 24.3 Å². The van der Waals surface area contributed by atoms with Gasteiger partial charge in [0.15, 0.2) is 11.5 Å². The smallest absolute Gasteiger partial charge is 0.252 e. The number of carbonyl (C=O) groups excluding carboxylic acids is 1. The van der Waals surface area contributed by atoms with E-state index in [1.807, 2.05) is 24.3 Å². The van der Waals surface area contributed by atoms with Gasteiger partial charge in [-0.05, 0) is 36.4 Å². The predicted octanol–water partition coefficient (Wildman–Crippen LogP) is 3.85. The van der Waals surface area contributed by atoms with Crippen LogP contribution in [0.1, 0.15) is 16.8 Å². The third kappa shape index (κ3) is 4.11. The number of fused-ring (bicyclic) bond motifs is 1. The van der Waals surface area contributed by atoms with Crippen molar-refractivity contribution in [2.45, 2.75) is 12.5 Å². The minimum absolute atomic E-state index is 0.108. The van der Waals surface area contributed by atoms with Crippen LogP contribution >= 0.6 is 0 Å². The molecule has 1 aliphatic rings. The van der Waals surface area contributed by atoms with Crippen molar-refractivity contribution in [3.63, 3.8) is 0 Å². The Morgan fingerprint density at radius 3 is 2.75 bits per heavy atom. The molecule has 3 aromatic rings. The zero-order valence-corrected chi connectivity index (χ0v) is 15.1. The van der Waals surface area contributed by atoms with E-state index in [0.717, 1.165) is 11.5 Å². The summed E-state index contributed by atoms with van der Waals surface area (Å²) in [4.78, 5) is 16.6. The van der Waals surface area contributed by atoms with E-state index in [-0.39, 0.29) is 17.8 Å². The third-order valence-corrected chi connectivity index (χ3v) is 4.47. The molecule has 0 aliphatic carbocycles. The molecule has 1 aromatic heterocycles. The van der Waals surface area contributed by atoms with Gasteiger partial charge in [-0.1, -0.05) is 24.3 Å². The lowest BCUT2D eigenvalue weighted by atomic mass is 10.1. The minimum atomic E-state index is -0.322. The first-order chi connectivity index (χ1) is 13.7. The van der Waals surface area contributed by atoms with Gasteiger partial charge in [0.2, 0.25) is 0 Å². The van der Waals surface area contributed by atoms with Gasteiger partial charge >= 0.3 is 0 Å². The zero-order valence-electron chi connectivity index (χ0n) is 15.1. The largest absolute Gasteiger partial charge is 0.486 e. The summed E-state index contributed by atoms with van der Waals surface area (Å²) >= 11 is 0. The number of hydrogen-bond acceptors (Lipinski definition) is 4. The van der Waals surface area contributed by atoms with Crippen LogP contribution < -0.4 is 14.8 Å². The van der Waals surface area contributed by atoms with E-state index in [4.69, 9.17) is 9.47 Å². The van der Waals surface area contributed by atoms with Gasteiger partial charge in [0.25, 0.3) is 5.91 Å². The first-order valence-corrected chi connectivity index (χ1v) is 9.08. The fourth-order valence-corrected chi connectivity index (χ4v) is 3.00. The molecule has 0 fully saturated rings. The molecule has 0 bridgehead atoms. The summed E-state index contributed by atoms with van der Waals surface area (Å²) < 4.78 is 24.9. The molecule has 1 amide bonds. The number of ether oxygens (including phenoxy) is 2. The van der Waals surface area contributed by atoms with Crippen molar-refractivity contribution in [1.82, 2.24) is 10.3 Å². The maximum atomic E-state index is 13.3. The van der Waals surface area contributed by atoms with Crippen LogP contribution in [0.3, 0.4) is 0 Å². The highest BCUT2D eigenvalue weighted by atomic mass is 19.1. The number of amides is 1. The Labute approximate surface area is 162 Å². The highest BCUT2D eigenvalue weighted by Crippen LogP contribution is 2.31. The fraction of sp³-hybridized carbons (Fsp3) is 0.182. The summed E-state index contributed by atoms with van der Waals surface area (Å²) in [6.45, 7) is 0.914. The highest BCUT2D eigenvalue weighted by molar-refractivity contribution is 5.94. The molecule has 0 spiro atoms. The quantitative estimate of drug-likeness (QED) is 0.733. The normalized spacial score (nSPS) is 15.1. The molecule has 0 radical (unpaired) electrons. The molecule has 142 valence electrons. The summed E-state index contributed by atoms with van der Waals surface area (Å²) in [7, 11) is 0. The van der Waals surface area contributed by atoms with Crippen LogP contribution in [-0.4, -0.2) is 30.1 Å². The molecule has 4 rings (SSSR count). The van der Waals surface area contributed by atoms with E-state index in [0.29, 0.717) is 36.4 Å². The van der Waals surface area contributed by atoms with E-state index < -0.39 is 0 Å². The van der Waals surface area contributed by atoms with Crippen molar-refractivity contribution in [3.8, 4) is 22.8 Å². The summed E-state index contributed by atoms with van der Waals surface area (Å²) in [6.07, 6.45) is 2.02. The maximum Gasteiger partial charge on any atom is 0.252 e. The monoisotopic (exact) mass is 378 g/mol. The molecule has 2 aromatic carbocycles. The van der Waals surface area contributed by atoms with Gasteiger partial charge in [-0.25, -0.2) is 4.39 Å². The van der Waals surface area contributed by atoms with Crippen molar-refractivity contribution < 1.29 is 18.7 Å². The van der Waals surface area contributed by atoms with Crippen LogP contribution in [0.4, 0.5) is 4.39 Å². The molecule has 1 aliphatic heterocycles. The summed E-state index contributed by atoms with van der Waals surface area (Å²) in [6, 6.07) is 17.1. The van der Waals surface area contributed by atoms with Crippen LogP contribution in [0, 0.1) is 5.82 Å². The van der Waals surface area contributed by atoms with E-state index in [9.17, 15) is 9.18 Å². The fourth-order valence-electron chi connectivity index (χ4n) is 3.00. The molecule has 0 saturated carbocycles. The number of para-hydroxylation sites is 2. The first kappa shape index (κ1) is 18.0. The molecular formula is C22H19FN2O3. The number of hydrogen-bond donors (Lipinski definition) is 1. The Morgan fingerprint density at radius 2 is 1.96 bits per heavy atom. The van der Waals surface area contributed by atoms with Crippen molar-refractivity contribution >= 4 is 5.91 Å². The predicted molar refractivity (Wildman–Crippen MR) is 103 cm³/mol. The molecule has 0 unspecified atom stereocenters. The number of carbonyl (C=O) groups is 1. The number of pyridine rings is 1. The molecule has 28 heavy (non-hydrogen) atoms. The third-order valence-electron chi connectivity index (χ3n) is 4.47. The van der Waals surface area contributed by atoms with Gasteiger partial charge in [-0.15, -0.1) is 0 Å². The number of rotatable bonds is 5. The second-order valence-corrected chi connectivity index (χ2v) is 6.48. The SMILES string of the molecule is O=C(NCC[C@H]1COc2ccccc2O1)c1ccc(-c2cccc(F)c2)nc1. The molecular weight excluding hydrogens is 359 g/mol. The van der Waals surface area contributed by atoms with E-state index >= 15 is 0 Å². The molecule has 6 heteroatoms. The van der Waals surface area contributed by atoms with Gasteiger partial charge in [0.05, 0.1) is 11.3 Å². The lowest BCUT2D eigenvalue weighted by molar-refractivity contribution is 0.0812. The van der Waals surface area contributed by atoms with Crippen LogP contribution in [0.5, 0.6) is 11.5 Å². The molecule has 5 nitrogen and oxygen atoms in total. The lowest BCUT2D eigenvalue weighted by Gasteiger charge is -2.26. The minimum Gasteiger partial charge on any atom is -0.486 e.